The van der Waals surface area contributed by atoms with Gasteiger partial charge in [-0.2, -0.15) is 0 Å². The summed E-state index contributed by atoms with van der Waals surface area (Å²) in [5.41, 5.74) is 7.80. The number of methoxy groups -OCH3 is 1. The first-order valence-electron chi connectivity index (χ1n) is 19.2. The molecular formula is C43H56N2O10. The Morgan fingerprint density at radius 2 is 1.93 bits per heavy atom. The first kappa shape index (κ1) is 40.8. The lowest BCUT2D eigenvalue weighted by Crippen LogP contribution is -2.68. The van der Waals surface area contributed by atoms with Gasteiger partial charge in [0.25, 0.3) is 5.97 Å². The molecule has 4 N–H and O–H groups in total. The van der Waals surface area contributed by atoms with E-state index in [1.165, 1.54) is 12.0 Å². The van der Waals surface area contributed by atoms with Crippen LogP contribution in [0.1, 0.15) is 57.6 Å². The number of nitrogens with zero attached hydrogens (tertiary/aromatic N) is 1. The number of nitrogens with two attached hydrogens (primary N) is 1. The van der Waals surface area contributed by atoms with Crippen molar-refractivity contribution < 1.29 is 48.2 Å². The van der Waals surface area contributed by atoms with Gasteiger partial charge in [-0.3, -0.25) is 4.79 Å². The highest BCUT2D eigenvalue weighted by atomic mass is 16.9. The zero-order valence-electron chi connectivity index (χ0n) is 32.6. The molecule has 298 valence electrons. The van der Waals surface area contributed by atoms with Gasteiger partial charge in [0.15, 0.2) is 23.6 Å². The Balaban J connectivity index is 1.25. The minimum Gasteiger partial charge on any atom is -0.493 e. The maximum Gasteiger partial charge on any atom is 0.415 e. The first-order valence-corrected chi connectivity index (χ1v) is 19.2. The molecule has 0 spiro atoms. The van der Waals surface area contributed by atoms with Crippen LogP contribution in [0.5, 0.6) is 11.5 Å². The topological polar surface area (TPSA) is 159 Å². The molecule has 1 unspecified atom stereocenters. The van der Waals surface area contributed by atoms with Gasteiger partial charge in [0.1, 0.15) is 11.7 Å². The summed E-state index contributed by atoms with van der Waals surface area (Å²) in [6.45, 7) is 11.2. The first-order chi connectivity index (χ1) is 26.3. The quantitative estimate of drug-likeness (QED) is 0.143. The molecule has 2 saturated heterocycles. The lowest BCUT2D eigenvalue weighted by atomic mass is 9.55. The third-order valence-electron chi connectivity index (χ3n) is 11.7. The average Bonchev–Trinajstić information content (AvgIpc) is 3.61. The summed E-state index contributed by atoms with van der Waals surface area (Å²) in [7, 11) is 3.11. The predicted molar refractivity (Wildman–Crippen MR) is 205 cm³/mol. The van der Waals surface area contributed by atoms with E-state index < -0.39 is 41.6 Å². The standard InChI is InChI=1S/C43H56N2O10/c1-27(2)41-24-29(4)43(33-19-28(3)35(47)23-33)34(39(41)53-42(54-41,55-43)25-30-11-8-7-9-12-30)20-32(15-18-46)26-51-38(48)22-31-13-14-36(37(21-31)50-6)52-40(49)45(5)17-10-16-44/h7-9,11-14,19-21,29,33-34,38-39,46,48H,1,10,15-18,22-26,44H2,2-6H3/b32-20+/t29-,33-,34+,38?,39-,41-,42-,43+/m1/s1. The highest BCUT2D eigenvalue weighted by Crippen LogP contribution is 2.66. The van der Waals surface area contributed by atoms with Crippen LogP contribution >= 0.6 is 0 Å². The van der Waals surface area contributed by atoms with Gasteiger partial charge in [-0.05, 0) is 85.6 Å². The summed E-state index contributed by atoms with van der Waals surface area (Å²) < 4.78 is 38.2. The van der Waals surface area contributed by atoms with Crippen molar-refractivity contribution >= 4 is 11.9 Å². The minimum absolute atomic E-state index is 0.0198. The second kappa shape index (κ2) is 16.7. The van der Waals surface area contributed by atoms with E-state index in [0.29, 0.717) is 55.7 Å². The van der Waals surface area contributed by atoms with Gasteiger partial charge in [-0.1, -0.05) is 62.1 Å². The number of ether oxygens (including phenoxy) is 6. The van der Waals surface area contributed by atoms with E-state index in [-0.39, 0.29) is 49.4 Å². The molecule has 12 nitrogen and oxygen atoms in total. The molecule has 12 heteroatoms. The number of aliphatic hydroxyl groups is 2. The maximum absolute atomic E-state index is 13.1. The Bertz CT molecular complexity index is 1800. The van der Waals surface area contributed by atoms with Crippen LogP contribution in [0.3, 0.4) is 0 Å². The van der Waals surface area contributed by atoms with Crippen molar-refractivity contribution in [1.82, 2.24) is 4.90 Å². The normalized spacial score (nSPS) is 30.3. The molecule has 1 saturated carbocycles. The SMILES string of the molecule is C=C(C)[C@]12C[C@@H](C)[C@@]3([C@@H]4C=C(C)C(=O)C4)O[C@](Cc4ccccc4)(O[C@@H]1[C@@H]3/C=C(\CCO)COC(O)Cc1ccc(OC(=O)N(C)CCCN)c(OC)c1)O2. The molecule has 2 aromatic carbocycles. The van der Waals surface area contributed by atoms with Crippen LogP contribution in [0.2, 0.25) is 0 Å². The van der Waals surface area contributed by atoms with Crippen molar-refractivity contribution in [3.63, 3.8) is 0 Å². The molecule has 3 fully saturated rings. The van der Waals surface area contributed by atoms with E-state index in [1.807, 2.05) is 50.3 Å². The van der Waals surface area contributed by atoms with Crippen LogP contribution < -0.4 is 15.2 Å². The number of Topliss-reactive ketones (excluding diaryl/α,β-unsaturated/α-hetero) is 1. The summed E-state index contributed by atoms with van der Waals surface area (Å²) in [6.07, 6.45) is 4.18. The number of carbonyl (C=O) groups excluding carboxylic acids is 2. The van der Waals surface area contributed by atoms with Crippen LogP contribution in [0.15, 0.2) is 84.0 Å². The van der Waals surface area contributed by atoms with Gasteiger partial charge < -0.3 is 49.3 Å². The van der Waals surface area contributed by atoms with Crippen LogP contribution in [0.4, 0.5) is 4.79 Å². The third-order valence-corrected chi connectivity index (χ3v) is 11.7. The zero-order valence-corrected chi connectivity index (χ0v) is 32.6. The Morgan fingerprint density at radius 1 is 1.16 bits per heavy atom. The summed E-state index contributed by atoms with van der Waals surface area (Å²) in [5, 5.41) is 21.3. The van der Waals surface area contributed by atoms with Crippen LogP contribution in [-0.4, -0.2) is 97.0 Å². The number of hydrogen-bond acceptors (Lipinski definition) is 11. The van der Waals surface area contributed by atoms with Crippen molar-refractivity contribution in [3.05, 3.63) is 95.1 Å². The number of aliphatic hydroxyl groups excluding tert-OH is 2. The minimum atomic E-state index is -1.40. The largest absolute Gasteiger partial charge is 0.493 e. The van der Waals surface area contributed by atoms with Crippen LogP contribution in [-0.2, 0) is 36.6 Å². The number of hydrogen-bond donors (Lipinski definition) is 3. The third kappa shape index (κ3) is 8.04. The molecule has 2 aliphatic heterocycles. The van der Waals surface area contributed by atoms with E-state index in [1.54, 1.807) is 25.2 Å². The molecule has 3 bridgehead atoms. The molecule has 8 atom stereocenters. The molecule has 0 aromatic heterocycles. The Kier molecular flexibility index (Phi) is 12.4. The smallest absolute Gasteiger partial charge is 0.415 e. The van der Waals surface area contributed by atoms with Crippen molar-refractivity contribution in [2.45, 2.75) is 88.9 Å². The molecule has 1 amide bonds. The van der Waals surface area contributed by atoms with Gasteiger partial charge in [-0.15, -0.1) is 0 Å². The summed E-state index contributed by atoms with van der Waals surface area (Å²) in [6, 6.07) is 15.0. The van der Waals surface area contributed by atoms with Gasteiger partial charge in [0.05, 0.1) is 25.7 Å². The van der Waals surface area contributed by atoms with E-state index in [4.69, 9.17) is 34.2 Å². The van der Waals surface area contributed by atoms with E-state index in [2.05, 4.69) is 19.6 Å². The van der Waals surface area contributed by atoms with Crippen molar-refractivity contribution in [3.8, 4) is 11.5 Å². The molecule has 2 aliphatic carbocycles. The summed E-state index contributed by atoms with van der Waals surface area (Å²) in [4.78, 5) is 27.1. The van der Waals surface area contributed by atoms with E-state index >= 15 is 0 Å². The zero-order chi connectivity index (χ0) is 39.5. The van der Waals surface area contributed by atoms with Crippen molar-refractivity contribution in [2.24, 2.45) is 23.5 Å². The fourth-order valence-corrected chi connectivity index (χ4v) is 8.89. The van der Waals surface area contributed by atoms with Crippen molar-refractivity contribution in [1.29, 1.82) is 0 Å². The number of amides is 1. The second-order valence-corrected chi connectivity index (χ2v) is 15.5. The number of allylic oxidation sites excluding steroid dienone is 1. The number of carbonyl (C=O) groups is 2. The van der Waals surface area contributed by atoms with E-state index in [0.717, 1.165) is 16.7 Å². The lowest BCUT2D eigenvalue weighted by molar-refractivity contribution is -0.418. The molecule has 2 aromatic rings. The van der Waals surface area contributed by atoms with Gasteiger partial charge >= 0.3 is 6.09 Å². The predicted octanol–water partition coefficient (Wildman–Crippen LogP) is 5.25. The maximum atomic E-state index is 13.1. The monoisotopic (exact) mass is 760 g/mol. The number of rotatable bonds is 17. The fourth-order valence-electron chi connectivity index (χ4n) is 8.89. The van der Waals surface area contributed by atoms with Crippen molar-refractivity contribution in [2.75, 3.05) is 40.5 Å². The Hall–Kier alpha value is -3.88. The number of fused-ring (bicyclic) bond motifs is 2. The average molecular weight is 761 g/mol. The highest BCUT2D eigenvalue weighted by Gasteiger charge is 2.76. The van der Waals surface area contributed by atoms with Gasteiger partial charge in [0, 0.05) is 44.9 Å². The summed E-state index contributed by atoms with van der Waals surface area (Å²) in [5.74, 6) is -1.45. The van der Waals surface area contributed by atoms with Crippen LogP contribution in [0, 0.1) is 17.8 Å². The highest BCUT2D eigenvalue weighted by molar-refractivity contribution is 5.97. The Morgan fingerprint density at radius 3 is 2.58 bits per heavy atom. The lowest BCUT2D eigenvalue weighted by Gasteiger charge is -2.58. The molecule has 2 heterocycles. The van der Waals surface area contributed by atoms with Gasteiger partial charge in [0.2, 0.25) is 0 Å². The van der Waals surface area contributed by atoms with E-state index in [9.17, 15) is 19.8 Å². The molecule has 55 heavy (non-hydrogen) atoms. The molecule has 0 radical (unpaired) electrons. The Labute approximate surface area is 323 Å². The molecular weight excluding hydrogens is 704 g/mol. The fraction of sp³-hybridized carbons (Fsp3) is 0.535. The molecule has 6 rings (SSSR count). The van der Waals surface area contributed by atoms with Crippen LogP contribution in [0.25, 0.3) is 0 Å². The summed E-state index contributed by atoms with van der Waals surface area (Å²) >= 11 is 0. The second-order valence-electron chi connectivity index (χ2n) is 15.5. The number of ketones is 1. The number of benzene rings is 2. The molecule has 4 aliphatic rings. The van der Waals surface area contributed by atoms with Gasteiger partial charge in [-0.25, -0.2) is 4.79 Å².